The van der Waals surface area contributed by atoms with E-state index in [2.05, 4.69) is 15.5 Å². The Morgan fingerprint density at radius 1 is 1.29 bits per heavy atom. The number of hydrogen-bond acceptors (Lipinski definition) is 6. The molecule has 144 valence electrons. The fourth-order valence-corrected chi connectivity index (χ4v) is 3.88. The molecule has 28 heavy (non-hydrogen) atoms. The average molecular weight is 439 g/mol. The number of nitrogens with one attached hydrogen (secondary N) is 1. The summed E-state index contributed by atoms with van der Waals surface area (Å²) in [6.07, 6.45) is 0.405. The molecule has 1 aliphatic rings. The number of fused-ring (bicyclic) bond motifs is 1. The number of halogens is 3. The second-order valence-electron chi connectivity index (χ2n) is 6.10. The van der Waals surface area contributed by atoms with Crippen molar-refractivity contribution < 1.29 is 13.9 Å². The molecule has 1 N–H and O–H groups in total. The first kappa shape index (κ1) is 18.9. The van der Waals surface area contributed by atoms with Crippen molar-refractivity contribution in [2.24, 2.45) is 0 Å². The zero-order valence-electron chi connectivity index (χ0n) is 14.4. The Bertz CT molecular complexity index is 1050. The first-order valence-corrected chi connectivity index (χ1v) is 9.82. The van der Waals surface area contributed by atoms with Crippen LogP contribution in [0.1, 0.15) is 5.56 Å². The monoisotopic (exact) mass is 438 g/mol. The smallest absolute Gasteiger partial charge is 0.249 e. The molecule has 0 radical (unpaired) electrons. The minimum absolute atomic E-state index is 0.118. The summed E-state index contributed by atoms with van der Waals surface area (Å²) in [4.78, 5) is 14.4. The number of nitrogens with zero attached hydrogens (tertiary/aromatic N) is 3. The summed E-state index contributed by atoms with van der Waals surface area (Å²) >= 11 is 13.8. The van der Waals surface area contributed by atoms with Gasteiger partial charge in [-0.15, -0.1) is 10.2 Å². The fourth-order valence-electron chi connectivity index (χ4n) is 3.03. The SMILES string of the molecule is CN1C(=O)[C@H](Nc2nncs2)Cc2ccc(Cl)c(Oc3cc(F)ccc3Cl)c21. The summed E-state index contributed by atoms with van der Waals surface area (Å²) in [6, 6.07) is 6.80. The summed E-state index contributed by atoms with van der Waals surface area (Å²) in [7, 11) is 1.63. The van der Waals surface area contributed by atoms with E-state index >= 15 is 0 Å². The van der Waals surface area contributed by atoms with Crippen LogP contribution in [-0.4, -0.2) is 29.2 Å². The van der Waals surface area contributed by atoms with Crippen LogP contribution in [0.3, 0.4) is 0 Å². The van der Waals surface area contributed by atoms with Crippen LogP contribution in [0.2, 0.25) is 10.0 Å². The molecule has 0 saturated carbocycles. The first-order chi connectivity index (χ1) is 13.4. The molecular weight excluding hydrogens is 426 g/mol. The van der Waals surface area contributed by atoms with Gasteiger partial charge >= 0.3 is 0 Å². The molecule has 0 aliphatic carbocycles. The third-order valence-corrected chi connectivity index (χ3v) is 5.55. The number of rotatable bonds is 4. The molecule has 0 unspecified atom stereocenters. The van der Waals surface area contributed by atoms with Gasteiger partial charge in [-0.3, -0.25) is 4.79 Å². The molecule has 0 spiro atoms. The van der Waals surface area contributed by atoms with Crippen molar-refractivity contribution in [1.82, 2.24) is 10.2 Å². The van der Waals surface area contributed by atoms with Crippen molar-refractivity contribution in [3.8, 4) is 11.5 Å². The van der Waals surface area contributed by atoms with Crippen molar-refractivity contribution in [2.45, 2.75) is 12.5 Å². The lowest BCUT2D eigenvalue weighted by Crippen LogP contribution is -2.46. The van der Waals surface area contributed by atoms with Gasteiger partial charge in [0.25, 0.3) is 0 Å². The van der Waals surface area contributed by atoms with E-state index in [-0.39, 0.29) is 27.5 Å². The van der Waals surface area contributed by atoms with Crippen LogP contribution >= 0.6 is 34.5 Å². The van der Waals surface area contributed by atoms with Crippen LogP contribution in [-0.2, 0) is 11.2 Å². The van der Waals surface area contributed by atoms with E-state index in [9.17, 15) is 9.18 Å². The Balaban J connectivity index is 1.71. The third-order valence-electron chi connectivity index (χ3n) is 4.32. The van der Waals surface area contributed by atoms with Crippen molar-refractivity contribution in [3.05, 3.63) is 57.3 Å². The Labute approximate surface area is 173 Å². The van der Waals surface area contributed by atoms with Crippen LogP contribution in [0.5, 0.6) is 11.5 Å². The third kappa shape index (κ3) is 3.50. The van der Waals surface area contributed by atoms with Gasteiger partial charge in [0.15, 0.2) is 5.75 Å². The largest absolute Gasteiger partial charge is 0.452 e. The summed E-state index contributed by atoms with van der Waals surface area (Å²) in [6.45, 7) is 0. The van der Waals surface area contributed by atoms with Crippen LogP contribution in [0, 0.1) is 5.82 Å². The summed E-state index contributed by atoms with van der Waals surface area (Å²) in [5.74, 6) is -0.310. The predicted molar refractivity (Wildman–Crippen MR) is 107 cm³/mol. The number of hydrogen-bond donors (Lipinski definition) is 1. The van der Waals surface area contributed by atoms with Crippen LogP contribution in [0.15, 0.2) is 35.8 Å². The van der Waals surface area contributed by atoms with E-state index in [1.807, 2.05) is 6.07 Å². The number of likely N-dealkylation sites (N-methyl/N-ethyl adjacent to an activating group) is 1. The zero-order valence-corrected chi connectivity index (χ0v) is 16.8. The molecule has 1 amide bonds. The topological polar surface area (TPSA) is 67.4 Å². The van der Waals surface area contributed by atoms with Gasteiger partial charge in [-0.1, -0.05) is 40.6 Å². The Morgan fingerprint density at radius 2 is 2.07 bits per heavy atom. The van der Waals surface area contributed by atoms with Gasteiger partial charge in [-0.2, -0.15) is 0 Å². The minimum Gasteiger partial charge on any atom is -0.452 e. The molecule has 0 saturated heterocycles. The number of ether oxygens (including phenoxy) is 1. The molecular formula is C18H13Cl2FN4O2S. The standard InChI is InChI=1S/C18H13Cl2FN4O2S/c1-25-15-9(6-13(17(25)26)23-18-24-22-8-28-18)2-4-12(20)16(15)27-14-7-10(21)3-5-11(14)19/h2-5,7-8,13H,6H2,1H3,(H,23,24)/t13-/m1/s1. The molecule has 2 heterocycles. The summed E-state index contributed by atoms with van der Waals surface area (Å²) < 4.78 is 19.4. The fraction of sp³-hybridized carbons (Fsp3) is 0.167. The van der Waals surface area contributed by atoms with Gasteiger partial charge < -0.3 is 15.0 Å². The van der Waals surface area contributed by atoms with Crippen molar-refractivity contribution in [1.29, 1.82) is 0 Å². The molecule has 1 aliphatic heterocycles. The zero-order chi connectivity index (χ0) is 19.8. The minimum atomic E-state index is -0.503. The molecule has 1 atom stereocenters. The van der Waals surface area contributed by atoms with Crippen LogP contribution < -0.4 is 15.0 Å². The number of carbonyl (C=O) groups excluding carboxylic acids is 1. The molecule has 1 aromatic heterocycles. The lowest BCUT2D eigenvalue weighted by atomic mass is 9.97. The van der Waals surface area contributed by atoms with Gasteiger partial charge in [-0.05, 0) is 23.8 Å². The van der Waals surface area contributed by atoms with Crippen LogP contribution in [0.4, 0.5) is 15.2 Å². The highest BCUT2D eigenvalue weighted by atomic mass is 35.5. The maximum absolute atomic E-state index is 13.6. The molecule has 6 nitrogen and oxygen atoms in total. The van der Waals surface area contributed by atoms with E-state index in [4.69, 9.17) is 27.9 Å². The number of aromatic nitrogens is 2. The first-order valence-electron chi connectivity index (χ1n) is 8.18. The maximum atomic E-state index is 13.6. The molecule has 2 aromatic carbocycles. The lowest BCUT2D eigenvalue weighted by Gasteiger charge is -2.33. The van der Waals surface area contributed by atoms with Crippen molar-refractivity contribution in [2.75, 3.05) is 17.3 Å². The van der Waals surface area contributed by atoms with Crippen molar-refractivity contribution in [3.63, 3.8) is 0 Å². The van der Waals surface area contributed by atoms with Crippen LogP contribution in [0.25, 0.3) is 0 Å². The molecule has 10 heteroatoms. The highest BCUT2D eigenvalue weighted by Gasteiger charge is 2.34. The maximum Gasteiger partial charge on any atom is 0.249 e. The van der Waals surface area contributed by atoms with E-state index in [1.54, 1.807) is 18.6 Å². The average Bonchev–Trinajstić information content (AvgIpc) is 3.18. The number of anilines is 2. The predicted octanol–water partition coefficient (Wildman–Crippen LogP) is 4.78. The number of carbonyl (C=O) groups is 1. The quantitative estimate of drug-likeness (QED) is 0.634. The van der Waals surface area contributed by atoms with Gasteiger partial charge in [0.1, 0.15) is 23.1 Å². The van der Waals surface area contributed by atoms with E-state index < -0.39 is 11.9 Å². The summed E-state index contributed by atoms with van der Waals surface area (Å²) in [5.41, 5.74) is 2.95. The van der Waals surface area contributed by atoms with E-state index in [1.165, 1.54) is 34.4 Å². The highest BCUT2D eigenvalue weighted by Crippen LogP contribution is 2.45. The van der Waals surface area contributed by atoms with E-state index in [0.717, 1.165) is 5.56 Å². The summed E-state index contributed by atoms with van der Waals surface area (Å²) in [5, 5.41) is 11.9. The molecule has 0 fully saturated rings. The van der Waals surface area contributed by atoms with E-state index in [0.29, 0.717) is 17.2 Å². The number of amides is 1. The van der Waals surface area contributed by atoms with Gasteiger partial charge in [0.05, 0.1) is 15.7 Å². The van der Waals surface area contributed by atoms with Gasteiger partial charge in [0, 0.05) is 19.5 Å². The van der Waals surface area contributed by atoms with Gasteiger partial charge in [0.2, 0.25) is 11.0 Å². The molecule has 0 bridgehead atoms. The second kappa shape index (κ2) is 7.54. The van der Waals surface area contributed by atoms with Gasteiger partial charge in [-0.25, -0.2) is 4.39 Å². The Kier molecular flexibility index (Phi) is 5.09. The molecule has 3 aromatic rings. The lowest BCUT2D eigenvalue weighted by molar-refractivity contribution is -0.119. The second-order valence-corrected chi connectivity index (χ2v) is 7.75. The Morgan fingerprint density at radius 3 is 2.82 bits per heavy atom. The Hall–Kier alpha value is -2.42. The van der Waals surface area contributed by atoms with Crippen molar-refractivity contribution >= 4 is 51.3 Å². The normalized spacial score (nSPS) is 16.1. The highest BCUT2D eigenvalue weighted by molar-refractivity contribution is 7.13. The molecule has 4 rings (SSSR count). The number of benzene rings is 2.